The third-order valence-corrected chi connectivity index (χ3v) is 4.23. The molecule has 0 aliphatic heterocycles. The van der Waals surface area contributed by atoms with Crippen LogP contribution in [0.15, 0.2) is 28.8 Å². The van der Waals surface area contributed by atoms with Crippen LogP contribution >= 0.6 is 11.3 Å². The molecule has 2 aromatic heterocycles. The van der Waals surface area contributed by atoms with Gasteiger partial charge in [-0.3, -0.25) is 4.79 Å². The summed E-state index contributed by atoms with van der Waals surface area (Å²) in [6.45, 7) is 2.17. The molecule has 0 radical (unpaired) electrons. The fraction of sp³-hybridized carbons (Fsp3) is 0.214. The van der Waals surface area contributed by atoms with E-state index in [9.17, 15) is 4.79 Å². The van der Waals surface area contributed by atoms with Crippen LogP contribution in [0.5, 0.6) is 0 Å². The van der Waals surface area contributed by atoms with Crippen molar-refractivity contribution < 1.29 is 9.32 Å². The van der Waals surface area contributed by atoms with Crippen molar-refractivity contribution in [3.05, 3.63) is 40.9 Å². The predicted molar refractivity (Wildman–Crippen MR) is 81.3 cm³/mol. The third kappa shape index (κ3) is 2.73. The third-order valence-electron chi connectivity index (χ3n) is 3.04. The number of anilines is 1. The van der Waals surface area contributed by atoms with Crippen LogP contribution in [0.2, 0.25) is 0 Å². The molecule has 108 valence electrons. The Morgan fingerprint density at radius 3 is 2.95 bits per heavy atom. The van der Waals surface area contributed by atoms with Crippen LogP contribution in [-0.2, 0) is 6.42 Å². The van der Waals surface area contributed by atoms with Gasteiger partial charge in [-0.1, -0.05) is 23.4 Å². The van der Waals surface area contributed by atoms with Crippen molar-refractivity contribution in [3.63, 3.8) is 0 Å². The molecule has 0 aliphatic rings. The molecule has 3 rings (SSSR count). The summed E-state index contributed by atoms with van der Waals surface area (Å²) < 4.78 is 5.88. The number of thiophene rings is 1. The zero-order valence-electron chi connectivity index (χ0n) is 11.4. The van der Waals surface area contributed by atoms with E-state index < -0.39 is 0 Å². The van der Waals surface area contributed by atoms with Crippen LogP contribution in [0.1, 0.15) is 21.4 Å². The molecule has 3 aromatic rings. The summed E-state index contributed by atoms with van der Waals surface area (Å²) >= 11 is 1.40. The minimum atomic E-state index is -0.172. The van der Waals surface area contributed by atoms with E-state index in [1.807, 2.05) is 24.3 Å². The van der Waals surface area contributed by atoms with Gasteiger partial charge in [0.25, 0.3) is 5.91 Å². The highest BCUT2D eigenvalue weighted by atomic mass is 32.1. The highest BCUT2D eigenvalue weighted by Gasteiger charge is 2.15. The number of carbonyl (C=O) groups is 1. The van der Waals surface area contributed by atoms with Gasteiger partial charge in [-0.2, -0.15) is 4.98 Å². The number of nitrogens with two attached hydrogens (primary N) is 1. The number of nitrogens with one attached hydrogen (secondary N) is 1. The Bertz CT molecular complexity index is 793. The van der Waals surface area contributed by atoms with E-state index in [0.29, 0.717) is 35.2 Å². The first-order chi connectivity index (χ1) is 10.1. The number of nitrogen functional groups attached to an aromatic ring is 1. The van der Waals surface area contributed by atoms with Gasteiger partial charge in [-0.15, -0.1) is 11.3 Å². The van der Waals surface area contributed by atoms with E-state index in [2.05, 4.69) is 15.5 Å². The number of hydrogen-bond acceptors (Lipinski definition) is 6. The van der Waals surface area contributed by atoms with E-state index in [1.165, 1.54) is 11.3 Å². The van der Waals surface area contributed by atoms with E-state index in [0.717, 1.165) is 10.1 Å². The fourth-order valence-electron chi connectivity index (χ4n) is 2.05. The van der Waals surface area contributed by atoms with Gasteiger partial charge in [0, 0.05) is 30.0 Å². The van der Waals surface area contributed by atoms with Crippen LogP contribution in [-0.4, -0.2) is 22.6 Å². The molecule has 7 heteroatoms. The molecule has 2 heterocycles. The van der Waals surface area contributed by atoms with Gasteiger partial charge in [0.15, 0.2) is 5.82 Å². The smallest absolute Gasteiger partial charge is 0.263 e. The Balaban J connectivity index is 1.68. The van der Waals surface area contributed by atoms with Crippen LogP contribution in [0, 0.1) is 6.92 Å². The second-order valence-corrected chi connectivity index (χ2v) is 5.63. The standard InChI is InChI=1S/C14H14N4O2S/c1-8-17-11(18-20-8)6-7-16-14(19)13-12(15)9-4-2-3-5-10(9)21-13/h2-5H,6-7,15H2,1H3,(H,16,19). The average molecular weight is 302 g/mol. The quantitative estimate of drug-likeness (QED) is 0.770. The zero-order valence-corrected chi connectivity index (χ0v) is 12.2. The van der Waals surface area contributed by atoms with Gasteiger partial charge in [0.2, 0.25) is 5.89 Å². The van der Waals surface area contributed by atoms with Gasteiger partial charge in [0.05, 0.1) is 5.69 Å². The number of rotatable bonds is 4. The predicted octanol–water partition coefficient (Wildman–Crippen LogP) is 2.15. The van der Waals surface area contributed by atoms with Crippen molar-refractivity contribution in [2.45, 2.75) is 13.3 Å². The fourth-order valence-corrected chi connectivity index (χ4v) is 3.08. The molecule has 0 spiro atoms. The summed E-state index contributed by atoms with van der Waals surface area (Å²) in [4.78, 5) is 16.8. The molecular weight excluding hydrogens is 288 g/mol. The first-order valence-electron chi connectivity index (χ1n) is 6.49. The monoisotopic (exact) mass is 302 g/mol. The van der Waals surface area contributed by atoms with E-state index in [-0.39, 0.29) is 5.91 Å². The number of nitrogens with zero attached hydrogens (tertiary/aromatic N) is 2. The van der Waals surface area contributed by atoms with Crippen molar-refractivity contribution in [2.75, 3.05) is 12.3 Å². The maximum atomic E-state index is 12.2. The molecule has 6 nitrogen and oxygen atoms in total. The Kier molecular flexibility index (Phi) is 3.57. The largest absolute Gasteiger partial charge is 0.397 e. The minimum Gasteiger partial charge on any atom is -0.397 e. The summed E-state index contributed by atoms with van der Waals surface area (Å²) in [5.41, 5.74) is 6.57. The number of benzene rings is 1. The average Bonchev–Trinajstić information content (AvgIpc) is 3.03. The van der Waals surface area contributed by atoms with E-state index >= 15 is 0 Å². The highest BCUT2D eigenvalue weighted by molar-refractivity contribution is 7.21. The minimum absolute atomic E-state index is 0.172. The summed E-state index contributed by atoms with van der Waals surface area (Å²) in [6.07, 6.45) is 0.522. The summed E-state index contributed by atoms with van der Waals surface area (Å²) in [5.74, 6) is 0.927. The number of carbonyl (C=O) groups excluding carboxylic acids is 1. The normalized spacial score (nSPS) is 10.9. The van der Waals surface area contributed by atoms with Crippen molar-refractivity contribution in [2.24, 2.45) is 0 Å². The zero-order chi connectivity index (χ0) is 14.8. The molecule has 0 aliphatic carbocycles. The lowest BCUT2D eigenvalue weighted by Crippen LogP contribution is -2.25. The van der Waals surface area contributed by atoms with E-state index in [1.54, 1.807) is 6.92 Å². The number of amides is 1. The van der Waals surface area contributed by atoms with Crippen molar-refractivity contribution in [3.8, 4) is 0 Å². The molecule has 21 heavy (non-hydrogen) atoms. The molecule has 0 unspecified atom stereocenters. The van der Waals surface area contributed by atoms with Crippen molar-refractivity contribution >= 4 is 33.0 Å². The van der Waals surface area contributed by atoms with Crippen LogP contribution in [0.4, 0.5) is 5.69 Å². The highest BCUT2D eigenvalue weighted by Crippen LogP contribution is 2.33. The topological polar surface area (TPSA) is 94.0 Å². The maximum Gasteiger partial charge on any atom is 0.263 e. The molecule has 0 saturated carbocycles. The molecule has 3 N–H and O–H groups in total. The van der Waals surface area contributed by atoms with E-state index in [4.69, 9.17) is 10.3 Å². The summed E-state index contributed by atoms with van der Waals surface area (Å²) in [6, 6.07) is 7.71. The number of hydrogen-bond donors (Lipinski definition) is 2. The molecular formula is C14H14N4O2S. The van der Waals surface area contributed by atoms with Gasteiger partial charge in [0.1, 0.15) is 4.88 Å². The van der Waals surface area contributed by atoms with Crippen LogP contribution < -0.4 is 11.1 Å². The first-order valence-corrected chi connectivity index (χ1v) is 7.31. The SMILES string of the molecule is Cc1nc(CCNC(=O)c2sc3ccccc3c2N)no1. The molecule has 0 atom stereocenters. The lowest BCUT2D eigenvalue weighted by atomic mass is 10.2. The Labute approximate surface area is 125 Å². The van der Waals surface area contributed by atoms with Crippen LogP contribution in [0.25, 0.3) is 10.1 Å². The van der Waals surface area contributed by atoms with Crippen molar-refractivity contribution in [1.82, 2.24) is 15.5 Å². The molecule has 0 saturated heterocycles. The van der Waals surface area contributed by atoms with Crippen LogP contribution in [0.3, 0.4) is 0 Å². The maximum absolute atomic E-state index is 12.2. The van der Waals surface area contributed by atoms with Gasteiger partial charge >= 0.3 is 0 Å². The lowest BCUT2D eigenvalue weighted by Gasteiger charge is -2.02. The molecule has 1 aromatic carbocycles. The van der Waals surface area contributed by atoms with Gasteiger partial charge < -0.3 is 15.6 Å². The number of aryl methyl sites for hydroxylation is 1. The lowest BCUT2D eigenvalue weighted by molar-refractivity contribution is 0.0959. The Hall–Kier alpha value is -2.41. The Morgan fingerprint density at radius 1 is 1.43 bits per heavy atom. The second-order valence-electron chi connectivity index (χ2n) is 4.58. The number of aromatic nitrogens is 2. The number of fused-ring (bicyclic) bond motifs is 1. The van der Waals surface area contributed by atoms with Gasteiger partial charge in [-0.05, 0) is 6.07 Å². The molecule has 0 bridgehead atoms. The summed E-state index contributed by atoms with van der Waals surface area (Å²) in [5, 5.41) is 7.52. The molecule has 1 amide bonds. The van der Waals surface area contributed by atoms with Crippen molar-refractivity contribution in [1.29, 1.82) is 0 Å². The summed E-state index contributed by atoms with van der Waals surface area (Å²) in [7, 11) is 0. The van der Waals surface area contributed by atoms with Gasteiger partial charge in [-0.25, -0.2) is 0 Å². The second kappa shape index (κ2) is 5.53. The Morgan fingerprint density at radius 2 is 2.24 bits per heavy atom. The molecule has 0 fully saturated rings. The first kappa shape index (κ1) is 13.6.